The molecule has 5 heteroatoms. The van der Waals surface area contributed by atoms with Gasteiger partial charge >= 0.3 is 0 Å². The summed E-state index contributed by atoms with van der Waals surface area (Å²) < 4.78 is 0. The van der Waals surface area contributed by atoms with E-state index in [0.29, 0.717) is 16.3 Å². The molecule has 0 radical (unpaired) electrons. The Morgan fingerprint density at radius 1 is 1.50 bits per heavy atom. The fourth-order valence-corrected chi connectivity index (χ4v) is 1.72. The summed E-state index contributed by atoms with van der Waals surface area (Å²) in [5.74, 6) is -0.177. The number of nitrogens with zero attached hydrogens (tertiary/aromatic N) is 2. The molecule has 0 bridgehead atoms. The minimum Gasteiger partial charge on any atom is -0.350 e. The van der Waals surface area contributed by atoms with Crippen molar-refractivity contribution in [3.8, 4) is 0 Å². The number of hydrogen-bond donors (Lipinski definition) is 1. The van der Waals surface area contributed by atoms with Gasteiger partial charge in [-0.1, -0.05) is 18.5 Å². The zero-order chi connectivity index (χ0) is 11.6. The summed E-state index contributed by atoms with van der Waals surface area (Å²) in [7, 11) is 0. The van der Waals surface area contributed by atoms with Gasteiger partial charge in [0, 0.05) is 6.54 Å². The molecule has 86 valence electrons. The molecule has 0 saturated heterocycles. The van der Waals surface area contributed by atoms with Crippen molar-refractivity contribution in [1.82, 2.24) is 15.3 Å². The largest absolute Gasteiger partial charge is 0.350 e. The first kappa shape index (κ1) is 11.3. The molecule has 16 heavy (non-hydrogen) atoms. The molecule has 0 unspecified atom stereocenters. The van der Waals surface area contributed by atoms with Crippen LogP contribution in [0.25, 0.3) is 0 Å². The molecule has 1 aromatic rings. The van der Waals surface area contributed by atoms with Crippen molar-refractivity contribution in [2.75, 3.05) is 6.54 Å². The van der Waals surface area contributed by atoms with E-state index in [1.165, 1.54) is 25.2 Å². The molecule has 1 amide bonds. The van der Waals surface area contributed by atoms with Crippen molar-refractivity contribution in [2.45, 2.75) is 26.2 Å². The Labute approximate surface area is 99.4 Å². The van der Waals surface area contributed by atoms with Gasteiger partial charge in [0.15, 0.2) is 0 Å². The SMILES string of the molecule is CCC1(CNC(=O)c2cnc(Cl)cn2)CC1. The third-order valence-electron chi connectivity index (χ3n) is 3.18. The third-order valence-corrected chi connectivity index (χ3v) is 3.38. The van der Waals surface area contributed by atoms with Crippen LogP contribution in [0.4, 0.5) is 0 Å². The average molecular weight is 240 g/mol. The highest BCUT2D eigenvalue weighted by Gasteiger charge is 2.40. The predicted molar refractivity (Wildman–Crippen MR) is 61.3 cm³/mol. The van der Waals surface area contributed by atoms with Crippen LogP contribution in [0.2, 0.25) is 5.15 Å². The van der Waals surface area contributed by atoms with Crippen molar-refractivity contribution in [3.05, 3.63) is 23.2 Å². The standard InChI is InChI=1S/C11H14ClN3O/c1-2-11(3-4-11)7-15-10(16)8-5-14-9(12)6-13-8/h5-6H,2-4,7H2,1H3,(H,15,16). The first-order valence-corrected chi connectivity index (χ1v) is 5.79. The lowest BCUT2D eigenvalue weighted by molar-refractivity contribution is 0.0939. The molecule has 0 spiro atoms. The van der Waals surface area contributed by atoms with Gasteiger partial charge in [-0.3, -0.25) is 4.79 Å². The van der Waals surface area contributed by atoms with Crippen LogP contribution in [0.15, 0.2) is 12.4 Å². The summed E-state index contributed by atoms with van der Waals surface area (Å²) >= 11 is 5.59. The van der Waals surface area contributed by atoms with Gasteiger partial charge in [-0.25, -0.2) is 9.97 Å². The minimum atomic E-state index is -0.177. The second-order valence-corrected chi connectivity index (χ2v) is 4.65. The van der Waals surface area contributed by atoms with Crippen molar-refractivity contribution in [3.63, 3.8) is 0 Å². The van der Waals surface area contributed by atoms with Crippen molar-refractivity contribution in [1.29, 1.82) is 0 Å². The normalized spacial score (nSPS) is 16.9. The predicted octanol–water partition coefficient (Wildman–Crippen LogP) is 2.05. The second kappa shape index (κ2) is 4.37. The van der Waals surface area contributed by atoms with E-state index < -0.39 is 0 Å². The van der Waals surface area contributed by atoms with Gasteiger partial charge in [0.25, 0.3) is 5.91 Å². The van der Waals surface area contributed by atoms with Gasteiger partial charge in [-0.2, -0.15) is 0 Å². The Morgan fingerprint density at radius 3 is 2.75 bits per heavy atom. The Hall–Kier alpha value is -1.16. The van der Waals surface area contributed by atoms with Crippen LogP contribution in [0.5, 0.6) is 0 Å². The van der Waals surface area contributed by atoms with Crippen molar-refractivity contribution >= 4 is 17.5 Å². The van der Waals surface area contributed by atoms with Gasteiger partial charge in [0.2, 0.25) is 0 Å². The van der Waals surface area contributed by atoms with Gasteiger partial charge < -0.3 is 5.32 Å². The lowest BCUT2D eigenvalue weighted by atomic mass is 10.0. The number of amides is 1. The fourth-order valence-electron chi connectivity index (χ4n) is 1.62. The van der Waals surface area contributed by atoms with Crippen LogP contribution >= 0.6 is 11.6 Å². The van der Waals surface area contributed by atoms with Gasteiger partial charge in [0.05, 0.1) is 12.4 Å². The summed E-state index contributed by atoms with van der Waals surface area (Å²) in [4.78, 5) is 19.4. The number of halogens is 1. The molecule has 4 nitrogen and oxygen atoms in total. The van der Waals surface area contributed by atoms with Crippen LogP contribution in [-0.2, 0) is 0 Å². The lowest BCUT2D eigenvalue weighted by Gasteiger charge is -2.12. The second-order valence-electron chi connectivity index (χ2n) is 4.26. The highest BCUT2D eigenvalue weighted by molar-refractivity contribution is 6.29. The van der Waals surface area contributed by atoms with E-state index >= 15 is 0 Å². The number of hydrogen-bond acceptors (Lipinski definition) is 3. The van der Waals surface area contributed by atoms with E-state index in [1.54, 1.807) is 0 Å². The zero-order valence-corrected chi connectivity index (χ0v) is 9.92. The number of nitrogens with one attached hydrogen (secondary N) is 1. The van der Waals surface area contributed by atoms with Crippen LogP contribution in [0.1, 0.15) is 36.7 Å². The Balaban J connectivity index is 1.91. The molecule has 1 fully saturated rings. The maximum absolute atomic E-state index is 11.7. The molecule has 0 aromatic carbocycles. The van der Waals surface area contributed by atoms with Gasteiger partial charge in [0.1, 0.15) is 10.8 Å². The van der Waals surface area contributed by atoms with E-state index in [9.17, 15) is 4.79 Å². The maximum atomic E-state index is 11.7. The van der Waals surface area contributed by atoms with Crippen LogP contribution in [0.3, 0.4) is 0 Å². The number of aromatic nitrogens is 2. The van der Waals surface area contributed by atoms with E-state index in [4.69, 9.17) is 11.6 Å². The number of carbonyl (C=O) groups is 1. The molecule has 1 N–H and O–H groups in total. The van der Waals surface area contributed by atoms with Crippen LogP contribution in [-0.4, -0.2) is 22.4 Å². The Morgan fingerprint density at radius 2 is 2.25 bits per heavy atom. The van der Waals surface area contributed by atoms with Crippen LogP contribution in [0, 0.1) is 5.41 Å². The summed E-state index contributed by atoms with van der Waals surface area (Å²) in [6.07, 6.45) is 6.29. The first-order valence-electron chi connectivity index (χ1n) is 5.41. The van der Waals surface area contributed by atoms with Crippen molar-refractivity contribution in [2.24, 2.45) is 5.41 Å². The highest BCUT2D eigenvalue weighted by Crippen LogP contribution is 2.47. The molecule has 2 rings (SSSR count). The van der Waals surface area contributed by atoms with Gasteiger partial charge in [-0.15, -0.1) is 0 Å². The number of rotatable bonds is 4. The molecular formula is C11H14ClN3O. The molecule has 1 aliphatic carbocycles. The van der Waals surface area contributed by atoms with E-state index in [1.807, 2.05) is 0 Å². The zero-order valence-electron chi connectivity index (χ0n) is 9.16. The topological polar surface area (TPSA) is 54.9 Å². The van der Waals surface area contributed by atoms with Crippen LogP contribution < -0.4 is 5.32 Å². The molecular weight excluding hydrogens is 226 g/mol. The molecule has 0 aliphatic heterocycles. The van der Waals surface area contributed by atoms with E-state index in [-0.39, 0.29) is 5.91 Å². The highest BCUT2D eigenvalue weighted by atomic mass is 35.5. The van der Waals surface area contributed by atoms with E-state index in [2.05, 4.69) is 22.2 Å². The van der Waals surface area contributed by atoms with Gasteiger partial charge in [-0.05, 0) is 24.7 Å². The summed E-state index contributed by atoms with van der Waals surface area (Å²) in [6, 6.07) is 0. The Kier molecular flexibility index (Phi) is 3.10. The molecule has 1 saturated carbocycles. The first-order chi connectivity index (χ1) is 7.65. The quantitative estimate of drug-likeness (QED) is 0.875. The smallest absolute Gasteiger partial charge is 0.271 e. The average Bonchev–Trinajstić information content (AvgIpc) is 3.08. The summed E-state index contributed by atoms with van der Waals surface area (Å²) in [6.45, 7) is 2.88. The number of carbonyl (C=O) groups excluding carboxylic acids is 1. The fraction of sp³-hybridized carbons (Fsp3) is 0.545. The third kappa shape index (κ3) is 2.50. The Bertz CT molecular complexity index is 387. The monoisotopic (exact) mass is 239 g/mol. The molecule has 1 aromatic heterocycles. The maximum Gasteiger partial charge on any atom is 0.271 e. The van der Waals surface area contributed by atoms with E-state index in [0.717, 1.165) is 13.0 Å². The van der Waals surface area contributed by atoms with Crippen molar-refractivity contribution < 1.29 is 4.79 Å². The lowest BCUT2D eigenvalue weighted by Crippen LogP contribution is -2.30. The molecule has 0 atom stereocenters. The summed E-state index contributed by atoms with van der Waals surface area (Å²) in [5, 5.41) is 3.18. The minimum absolute atomic E-state index is 0.177. The molecule has 1 heterocycles. The summed E-state index contributed by atoms with van der Waals surface area (Å²) in [5.41, 5.74) is 0.659. The molecule has 1 aliphatic rings.